The molecule has 0 rings (SSSR count). The van der Waals surface area contributed by atoms with Gasteiger partial charge in [-0.3, -0.25) is 0 Å². The van der Waals surface area contributed by atoms with E-state index in [1.807, 2.05) is 20.8 Å². The molecule has 3 heteroatoms. The lowest BCUT2D eigenvalue weighted by atomic mass is 9.89. The Labute approximate surface area is 70.7 Å². The van der Waals surface area contributed by atoms with Crippen molar-refractivity contribution >= 4 is 7.85 Å². The molecule has 0 heterocycles. The smallest absolute Gasteiger partial charge is 0.0813 e. The summed E-state index contributed by atoms with van der Waals surface area (Å²) in [5.74, 6) is 0. The molecule has 64 valence electrons. The largest absolute Gasteiger partial charge is 0.382 e. The van der Waals surface area contributed by atoms with Gasteiger partial charge in [-0.25, -0.2) is 0 Å². The van der Waals surface area contributed by atoms with Crippen molar-refractivity contribution in [1.29, 1.82) is 0 Å². The molecule has 0 bridgehead atoms. The molecule has 0 aliphatic carbocycles. The molecule has 0 fully saturated rings. The minimum Gasteiger partial charge on any atom is -0.382 e. The fourth-order valence-corrected chi connectivity index (χ4v) is 1.02. The van der Waals surface area contributed by atoms with E-state index in [1.54, 1.807) is 7.11 Å². The molecule has 11 heavy (non-hydrogen) atoms. The van der Waals surface area contributed by atoms with Crippen LogP contribution in [0.25, 0.3) is 0 Å². The summed E-state index contributed by atoms with van der Waals surface area (Å²) in [5.41, 5.74) is -0.330. The molecule has 0 aliphatic heterocycles. The fourth-order valence-electron chi connectivity index (χ4n) is 1.02. The average molecular weight is 156 g/mol. The Morgan fingerprint density at radius 2 is 2.00 bits per heavy atom. The SMILES string of the molecule is [B]C[C@](C)(COC)OC(C)C. The standard InChI is InChI=1S/C8H17BO2/c1-7(2)11-8(3,5-9)6-10-4/h7H,5-6H2,1-4H3/t8-/m1/s1. The zero-order valence-electron chi connectivity index (χ0n) is 7.89. The lowest BCUT2D eigenvalue weighted by Gasteiger charge is -2.30. The third kappa shape index (κ3) is 4.43. The van der Waals surface area contributed by atoms with Crippen LogP contribution in [-0.4, -0.2) is 33.3 Å². The quantitative estimate of drug-likeness (QED) is 0.560. The van der Waals surface area contributed by atoms with E-state index in [4.69, 9.17) is 17.3 Å². The highest BCUT2D eigenvalue weighted by Gasteiger charge is 2.23. The summed E-state index contributed by atoms with van der Waals surface area (Å²) < 4.78 is 10.6. The van der Waals surface area contributed by atoms with Gasteiger partial charge in [-0.1, -0.05) is 6.32 Å². The number of methoxy groups -OCH3 is 1. The molecule has 0 amide bonds. The van der Waals surface area contributed by atoms with Gasteiger partial charge >= 0.3 is 0 Å². The second-order valence-corrected chi connectivity index (χ2v) is 3.25. The number of hydrogen-bond donors (Lipinski definition) is 0. The van der Waals surface area contributed by atoms with Crippen LogP contribution >= 0.6 is 0 Å². The van der Waals surface area contributed by atoms with Crippen LogP contribution in [0.2, 0.25) is 6.32 Å². The van der Waals surface area contributed by atoms with E-state index in [9.17, 15) is 0 Å². The van der Waals surface area contributed by atoms with Gasteiger partial charge in [0.2, 0.25) is 0 Å². The molecule has 0 aliphatic rings. The second kappa shape index (κ2) is 4.78. The van der Waals surface area contributed by atoms with Gasteiger partial charge in [-0.2, -0.15) is 0 Å². The van der Waals surface area contributed by atoms with Crippen LogP contribution in [0.3, 0.4) is 0 Å². The lowest BCUT2D eigenvalue weighted by molar-refractivity contribution is -0.0922. The maximum absolute atomic E-state index is 5.58. The predicted octanol–water partition coefficient (Wildman–Crippen LogP) is 1.40. The molecule has 0 saturated heterocycles. The second-order valence-electron chi connectivity index (χ2n) is 3.25. The first kappa shape index (κ1) is 11.0. The van der Waals surface area contributed by atoms with Gasteiger partial charge in [0, 0.05) is 7.11 Å². The van der Waals surface area contributed by atoms with E-state index in [2.05, 4.69) is 0 Å². The van der Waals surface area contributed by atoms with Crippen molar-refractivity contribution in [3.05, 3.63) is 0 Å². The zero-order chi connectivity index (χ0) is 8.91. The molecule has 0 aromatic heterocycles. The van der Waals surface area contributed by atoms with E-state index in [-0.39, 0.29) is 11.7 Å². The van der Waals surface area contributed by atoms with Crippen LogP contribution in [0.15, 0.2) is 0 Å². The van der Waals surface area contributed by atoms with Crippen molar-refractivity contribution in [2.24, 2.45) is 0 Å². The Kier molecular flexibility index (Phi) is 4.77. The van der Waals surface area contributed by atoms with Crippen molar-refractivity contribution in [3.63, 3.8) is 0 Å². The summed E-state index contributed by atoms with van der Waals surface area (Å²) in [4.78, 5) is 0. The van der Waals surface area contributed by atoms with Crippen LogP contribution in [0.5, 0.6) is 0 Å². The number of hydrogen-bond acceptors (Lipinski definition) is 2. The highest BCUT2D eigenvalue weighted by molar-refractivity contribution is 6.09. The van der Waals surface area contributed by atoms with Crippen molar-refractivity contribution in [3.8, 4) is 0 Å². The highest BCUT2D eigenvalue weighted by atomic mass is 16.5. The van der Waals surface area contributed by atoms with E-state index in [0.717, 1.165) is 0 Å². The molecule has 0 spiro atoms. The van der Waals surface area contributed by atoms with Crippen molar-refractivity contribution in [1.82, 2.24) is 0 Å². The van der Waals surface area contributed by atoms with E-state index in [1.165, 1.54) is 0 Å². The zero-order valence-corrected chi connectivity index (χ0v) is 7.89. The maximum Gasteiger partial charge on any atom is 0.0813 e. The van der Waals surface area contributed by atoms with Gasteiger partial charge in [0.05, 0.1) is 26.2 Å². The Morgan fingerprint density at radius 3 is 2.27 bits per heavy atom. The first-order chi connectivity index (χ1) is 5.04. The molecule has 2 nitrogen and oxygen atoms in total. The molecule has 2 radical (unpaired) electrons. The van der Waals surface area contributed by atoms with Crippen molar-refractivity contribution in [2.75, 3.05) is 13.7 Å². The highest BCUT2D eigenvalue weighted by Crippen LogP contribution is 2.16. The van der Waals surface area contributed by atoms with Crippen molar-refractivity contribution in [2.45, 2.75) is 38.8 Å². The molecular weight excluding hydrogens is 139 g/mol. The van der Waals surface area contributed by atoms with E-state index >= 15 is 0 Å². The predicted molar refractivity (Wildman–Crippen MR) is 47.1 cm³/mol. The Hall–Kier alpha value is -0.0151. The van der Waals surface area contributed by atoms with Crippen LogP contribution < -0.4 is 0 Å². The molecule has 0 N–H and O–H groups in total. The summed E-state index contributed by atoms with van der Waals surface area (Å²) >= 11 is 0. The van der Waals surface area contributed by atoms with E-state index < -0.39 is 0 Å². The Bertz CT molecular complexity index is 106. The normalized spacial score (nSPS) is 16.8. The van der Waals surface area contributed by atoms with Gasteiger partial charge in [-0.15, -0.1) is 0 Å². The molecule has 0 unspecified atom stereocenters. The van der Waals surface area contributed by atoms with Gasteiger partial charge in [0.1, 0.15) is 0 Å². The molecule has 0 saturated carbocycles. The number of ether oxygens (including phenoxy) is 2. The van der Waals surface area contributed by atoms with Crippen molar-refractivity contribution < 1.29 is 9.47 Å². The first-order valence-electron chi connectivity index (χ1n) is 3.91. The van der Waals surface area contributed by atoms with Crippen LogP contribution in [-0.2, 0) is 9.47 Å². The molecule has 0 aromatic carbocycles. The third-order valence-corrected chi connectivity index (χ3v) is 1.40. The first-order valence-corrected chi connectivity index (χ1v) is 3.91. The summed E-state index contributed by atoms with van der Waals surface area (Å²) in [5, 5.41) is 0. The third-order valence-electron chi connectivity index (χ3n) is 1.40. The Morgan fingerprint density at radius 1 is 1.45 bits per heavy atom. The molecule has 1 atom stereocenters. The Balaban J connectivity index is 3.87. The average Bonchev–Trinajstić information content (AvgIpc) is 1.87. The monoisotopic (exact) mass is 156 g/mol. The number of rotatable bonds is 5. The van der Waals surface area contributed by atoms with E-state index in [0.29, 0.717) is 12.9 Å². The summed E-state index contributed by atoms with van der Waals surface area (Å²) in [7, 11) is 7.19. The fraction of sp³-hybridized carbons (Fsp3) is 1.00. The van der Waals surface area contributed by atoms with Crippen LogP contribution in [0.1, 0.15) is 20.8 Å². The maximum atomic E-state index is 5.58. The minimum atomic E-state index is -0.330. The summed E-state index contributed by atoms with van der Waals surface area (Å²) in [6, 6.07) is 0. The summed E-state index contributed by atoms with van der Waals surface area (Å²) in [6.45, 7) is 6.48. The summed E-state index contributed by atoms with van der Waals surface area (Å²) in [6.07, 6.45) is 0.678. The van der Waals surface area contributed by atoms with Gasteiger partial charge in [-0.05, 0) is 20.8 Å². The van der Waals surface area contributed by atoms with Crippen LogP contribution in [0, 0.1) is 0 Å². The molecular formula is C8H17BO2. The minimum absolute atomic E-state index is 0.193. The van der Waals surface area contributed by atoms with Gasteiger partial charge in [0.15, 0.2) is 0 Å². The van der Waals surface area contributed by atoms with Gasteiger partial charge < -0.3 is 9.47 Å². The van der Waals surface area contributed by atoms with Gasteiger partial charge in [0.25, 0.3) is 0 Å². The molecule has 0 aromatic rings. The topological polar surface area (TPSA) is 18.5 Å². The lowest BCUT2D eigenvalue weighted by Crippen LogP contribution is -2.36. The van der Waals surface area contributed by atoms with Crippen LogP contribution in [0.4, 0.5) is 0 Å².